The van der Waals surface area contributed by atoms with Crippen LogP contribution < -0.4 is 10.2 Å². The van der Waals surface area contributed by atoms with E-state index in [1.165, 1.54) is 0 Å². The van der Waals surface area contributed by atoms with Crippen LogP contribution in [0.2, 0.25) is 18.1 Å². The van der Waals surface area contributed by atoms with Gasteiger partial charge in [-0.15, -0.1) is 0 Å². The number of amides is 1. The predicted octanol–water partition coefficient (Wildman–Crippen LogP) is 5.95. The molecule has 3 aromatic rings. The van der Waals surface area contributed by atoms with Crippen LogP contribution in [-0.2, 0) is 15.7 Å². The molecule has 0 radical (unpaired) electrons. The fourth-order valence-corrected chi connectivity index (χ4v) is 5.07. The first-order chi connectivity index (χ1) is 19.4. The lowest BCUT2D eigenvalue weighted by Gasteiger charge is -2.38. The van der Waals surface area contributed by atoms with Gasteiger partial charge in [0.15, 0.2) is 14.0 Å². The fraction of sp³-hybridized carbons (Fsp3) is 0.581. The van der Waals surface area contributed by atoms with Crippen LogP contribution in [0.25, 0.3) is 5.65 Å². The number of carbonyl (C=O) groups is 1. The number of aromatic nitrogens is 3. The van der Waals surface area contributed by atoms with E-state index in [9.17, 15) is 15.0 Å². The minimum Gasteiger partial charge on any atom is -0.443 e. The first-order valence-electron chi connectivity index (χ1n) is 14.6. The van der Waals surface area contributed by atoms with Crippen LogP contribution in [0.3, 0.4) is 0 Å². The van der Waals surface area contributed by atoms with E-state index in [4.69, 9.17) is 14.1 Å². The number of carbonyl (C=O) groups excluding carboxylic acids is 1. The van der Waals surface area contributed by atoms with Crippen molar-refractivity contribution in [3.05, 3.63) is 53.7 Å². The molecule has 10 nitrogen and oxygen atoms in total. The Bertz CT molecular complexity index is 1330. The van der Waals surface area contributed by atoms with Gasteiger partial charge in [0.2, 0.25) is 0 Å². The van der Waals surface area contributed by atoms with Crippen molar-refractivity contribution in [1.82, 2.24) is 14.6 Å². The normalized spacial score (nSPS) is 14.2. The highest BCUT2D eigenvalue weighted by Gasteiger charge is 2.38. The molecule has 0 bridgehead atoms. The minimum atomic E-state index is -2.15. The standard InChI is InChI=1S/C31H49N5O5Si/c1-21(2)23-17-32-36-27(35(29(39)41-30(3,4)5)18-22-14-12-11-13-15-22)16-26(34-28(23)36)33-24(25(38)19-37)20-40-42(9,10)31(6,7)8/h11-17,21,24-25,37-38H,18-20H2,1-10H3,(H,33,34)/t24-,25-/m0/s1. The van der Waals surface area contributed by atoms with Crippen molar-refractivity contribution in [3.63, 3.8) is 0 Å². The quantitative estimate of drug-likeness (QED) is 0.231. The molecule has 232 valence electrons. The summed E-state index contributed by atoms with van der Waals surface area (Å²) < 4.78 is 13.9. The average molecular weight is 600 g/mol. The summed E-state index contributed by atoms with van der Waals surface area (Å²) >= 11 is 0. The van der Waals surface area contributed by atoms with Crippen molar-refractivity contribution in [2.24, 2.45) is 0 Å². The molecular formula is C31H49N5O5Si. The lowest BCUT2D eigenvalue weighted by Crippen LogP contribution is -2.47. The summed E-state index contributed by atoms with van der Waals surface area (Å²) in [6, 6.07) is 10.7. The number of nitrogens with one attached hydrogen (secondary N) is 1. The molecule has 11 heteroatoms. The van der Waals surface area contributed by atoms with Crippen molar-refractivity contribution >= 4 is 31.7 Å². The third-order valence-corrected chi connectivity index (χ3v) is 12.1. The van der Waals surface area contributed by atoms with Gasteiger partial charge in [0.25, 0.3) is 0 Å². The van der Waals surface area contributed by atoms with Gasteiger partial charge in [-0.2, -0.15) is 9.61 Å². The van der Waals surface area contributed by atoms with Gasteiger partial charge >= 0.3 is 6.09 Å². The molecule has 0 aliphatic heterocycles. The molecule has 0 saturated carbocycles. The van der Waals surface area contributed by atoms with Crippen LogP contribution in [0.1, 0.15) is 72.4 Å². The Morgan fingerprint density at radius 2 is 1.76 bits per heavy atom. The second-order valence-corrected chi connectivity index (χ2v) is 18.4. The largest absolute Gasteiger partial charge is 0.443 e. The number of fused-ring (bicyclic) bond motifs is 1. The molecule has 3 rings (SSSR count). The smallest absolute Gasteiger partial charge is 0.416 e. The Labute approximate surface area is 251 Å². The maximum Gasteiger partial charge on any atom is 0.416 e. The monoisotopic (exact) mass is 599 g/mol. The number of aliphatic hydroxyl groups excluding tert-OH is 2. The maximum absolute atomic E-state index is 13.7. The van der Waals surface area contributed by atoms with Gasteiger partial charge in [0.1, 0.15) is 17.2 Å². The number of nitrogens with zero attached hydrogens (tertiary/aromatic N) is 4. The van der Waals surface area contributed by atoms with Gasteiger partial charge in [-0.25, -0.2) is 9.78 Å². The second kappa shape index (κ2) is 13.1. The first kappa shape index (κ1) is 33.5. The van der Waals surface area contributed by atoms with E-state index in [1.807, 2.05) is 51.1 Å². The first-order valence-corrected chi connectivity index (χ1v) is 17.5. The van der Waals surface area contributed by atoms with Crippen LogP contribution in [0.4, 0.5) is 16.4 Å². The number of aliphatic hydroxyl groups is 2. The molecule has 1 aromatic carbocycles. The topological polar surface area (TPSA) is 121 Å². The highest BCUT2D eigenvalue weighted by atomic mass is 28.4. The Morgan fingerprint density at radius 3 is 2.31 bits per heavy atom. The van der Waals surface area contributed by atoms with Crippen molar-refractivity contribution < 1.29 is 24.2 Å². The zero-order valence-electron chi connectivity index (χ0n) is 26.8. The molecule has 2 heterocycles. The van der Waals surface area contributed by atoms with Crippen LogP contribution in [-0.4, -0.2) is 70.2 Å². The molecule has 0 aliphatic rings. The summed E-state index contributed by atoms with van der Waals surface area (Å²) in [5, 5.41) is 28.5. The molecule has 2 atom stereocenters. The van der Waals surface area contributed by atoms with Gasteiger partial charge in [-0.3, -0.25) is 4.90 Å². The van der Waals surface area contributed by atoms with Crippen LogP contribution in [0, 0.1) is 0 Å². The summed E-state index contributed by atoms with van der Waals surface area (Å²) in [5.41, 5.74) is 1.68. The molecule has 0 aliphatic carbocycles. The summed E-state index contributed by atoms with van der Waals surface area (Å²) in [4.78, 5) is 20.1. The van der Waals surface area contributed by atoms with E-state index < -0.39 is 38.8 Å². The Balaban J connectivity index is 2.13. The molecule has 42 heavy (non-hydrogen) atoms. The third kappa shape index (κ3) is 8.31. The predicted molar refractivity (Wildman–Crippen MR) is 170 cm³/mol. The summed E-state index contributed by atoms with van der Waals surface area (Å²) in [7, 11) is -2.15. The number of hydrogen-bond donors (Lipinski definition) is 3. The van der Waals surface area contributed by atoms with Crippen LogP contribution >= 0.6 is 0 Å². The zero-order valence-corrected chi connectivity index (χ0v) is 27.8. The highest BCUT2D eigenvalue weighted by molar-refractivity contribution is 6.74. The average Bonchev–Trinajstić information content (AvgIpc) is 3.32. The van der Waals surface area contributed by atoms with Gasteiger partial charge in [0, 0.05) is 11.6 Å². The molecule has 0 spiro atoms. The Hall–Kier alpha value is -2.99. The highest BCUT2D eigenvalue weighted by Crippen LogP contribution is 2.37. The molecule has 1 amide bonds. The summed E-state index contributed by atoms with van der Waals surface area (Å²) in [6.45, 7) is 20.3. The molecule has 0 unspecified atom stereocenters. The Kier molecular flexibility index (Phi) is 10.5. The zero-order chi connectivity index (χ0) is 31.5. The number of benzene rings is 1. The van der Waals surface area contributed by atoms with E-state index >= 15 is 0 Å². The lowest BCUT2D eigenvalue weighted by molar-refractivity contribution is 0.0575. The van der Waals surface area contributed by atoms with E-state index in [0.717, 1.165) is 11.1 Å². The number of rotatable bonds is 11. The maximum atomic E-state index is 13.7. The summed E-state index contributed by atoms with van der Waals surface area (Å²) in [5.74, 6) is 0.982. The lowest BCUT2D eigenvalue weighted by atomic mass is 10.1. The van der Waals surface area contributed by atoms with Gasteiger partial charge in [-0.05, 0) is 50.4 Å². The molecule has 0 saturated heterocycles. The van der Waals surface area contributed by atoms with Crippen molar-refractivity contribution in [2.75, 3.05) is 23.4 Å². The van der Waals surface area contributed by atoms with E-state index in [-0.39, 0.29) is 24.1 Å². The van der Waals surface area contributed by atoms with E-state index in [2.05, 4.69) is 58.1 Å². The Morgan fingerprint density at radius 1 is 1.12 bits per heavy atom. The van der Waals surface area contributed by atoms with Crippen molar-refractivity contribution in [3.8, 4) is 0 Å². The van der Waals surface area contributed by atoms with Gasteiger partial charge in [0.05, 0.1) is 38.1 Å². The molecule has 2 aromatic heterocycles. The van der Waals surface area contributed by atoms with Gasteiger partial charge in [-0.1, -0.05) is 65.0 Å². The van der Waals surface area contributed by atoms with Crippen LogP contribution in [0.15, 0.2) is 42.6 Å². The van der Waals surface area contributed by atoms with Gasteiger partial charge < -0.3 is 24.7 Å². The van der Waals surface area contributed by atoms with E-state index in [0.29, 0.717) is 17.3 Å². The minimum absolute atomic E-state index is 0.0266. The van der Waals surface area contributed by atoms with Crippen LogP contribution in [0.5, 0.6) is 0 Å². The second-order valence-electron chi connectivity index (χ2n) is 13.6. The SMILES string of the molecule is CC(C)c1cnn2c(N(Cc3ccccc3)C(=O)OC(C)(C)C)cc(N[C@@H](CO[Si](C)(C)C(C)(C)C)[C@@H](O)CO)nc12. The molecule has 0 fully saturated rings. The number of hydrogen-bond acceptors (Lipinski definition) is 8. The molecule has 3 N–H and O–H groups in total. The van der Waals surface area contributed by atoms with Crippen molar-refractivity contribution in [1.29, 1.82) is 0 Å². The number of anilines is 2. The number of ether oxygens (including phenoxy) is 1. The third-order valence-electron chi connectivity index (χ3n) is 7.59. The summed E-state index contributed by atoms with van der Waals surface area (Å²) in [6.07, 6.45) is 0.132. The molecular weight excluding hydrogens is 550 g/mol. The van der Waals surface area contributed by atoms with Crippen molar-refractivity contribution in [2.45, 2.75) is 104 Å². The van der Waals surface area contributed by atoms with E-state index in [1.54, 1.807) is 21.7 Å². The fourth-order valence-electron chi connectivity index (χ4n) is 4.04.